The number of anilines is 1. The summed E-state index contributed by atoms with van der Waals surface area (Å²) in [6, 6.07) is 7.50. The first-order valence-corrected chi connectivity index (χ1v) is 14.6. The SMILES string of the molecule is COCCn1c(=NC(=O)CS(=O)(=O)CC(=O)Nc2sc3c(c2C(=O)OC)CCC3)sc2ccccc21. The van der Waals surface area contributed by atoms with Gasteiger partial charge in [0.25, 0.3) is 5.91 Å². The summed E-state index contributed by atoms with van der Waals surface area (Å²) in [5.41, 5.74) is 1.97. The molecule has 0 bridgehead atoms. The van der Waals surface area contributed by atoms with Gasteiger partial charge in [0, 0.05) is 18.5 Å². The molecular formula is C23H25N3O7S3. The second-order valence-electron chi connectivity index (χ2n) is 8.14. The number of carbonyl (C=O) groups is 3. The Morgan fingerprint density at radius 3 is 2.64 bits per heavy atom. The van der Waals surface area contributed by atoms with E-state index in [-0.39, 0.29) is 10.6 Å². The van der Waals surface area contributed by atoms with Crippen molar-refractivity contribution in [2.45, 2.75) is 25.8 Å². The molecule has 3 aromatic rings. The maximum Gasteiger partial charge on any atom is 0.341 e. The summed E-state index contributed by atoms with van der Waals surface area (Å²) >= 11 is 2.51. The van der Waals surface area contributed by atoms with Gasteiger partial charge in [0.15, 0.2) is 14.6 Å². The van der Waals surface area contributed by atoms with Gasteiger partial charge in [-0.2, -0.15) is 4.99 Å². The smallest absolute Gasteiger partial charge is 0.341 e. The number of rotatable bonds is 9. The lowest BCUT2D eigenvalue weighted by atomic mass is 10.1. The van der Waals surface area contributed by atoms with Crippen molar-refractivity contribution in [3.8, 4) is 0 Å². The minimum absolute atomic E-state index is 0.271. The predicted molar refractivity (Wildman–Crippen MR) is 137 cm³/mol. The van der Waals surface area contributed by atoms with Gasteiger partial charge >= 0.3 is 5.97 Å². The Morgan fingerprint density at radius 2 is 1.89 bits per heavy atom. The second-order valence-corrected chi connectivity index (χ2v) is 12.3. The van der Waals surface area contributed by atoms with Gasteiger partial charge in [-0.3, -0.25) is 9.59 Å². The monoisotopic (exact) mass is 551 g/mol. The highest BCUT2D eigenvalue weighted by molar-refractivity contribution is 7.92. The van der Waals surface area contributed by atoms with Gasteiger partial charge in [-0.25, -0.2) is 13.2 Å². The zero-order chi connectivity index (χ0) is 25.9. The van der Waals surface area contributed by atoms with Gasteiger partial charge in [0.2, 0.25) is 5.91 Å². The molecule has 4 rings (SSSR count). The Hall–Kier alpha value is -2.87. The van der Waals surface area contributed by atoms with Crippen LogP contribution in [-0.4, -0.2) is 63.1 Å². The van der Waals surface area contributed by atoms with Crippen LogP contribution in [0, 0.1) is 0 Å². The molecule has 1 aromatic carbocycles. The predicted octanol–water partition coefficient (Wildman–Crippen LogP) is 2.17. The van der Waals surface area contributed by atoms with E-state index in [0.717, 1.165) is 33.5 Å². The van der Waals surface area contributed by atoms with Crippen LogP contribution in [0.3, 0.4) is 0 Å². The summed E-state index contributed by atoms with van der Waals surface area (Å²) in [6.45, 7) is 0.829. The molecule has 192 valence electrons. The Morgan fingerprint density at radius 1 is 1.11 bits per heavy atom. The van der Waals surface area contributed by atoms with Gasteiger partial charge in [0.1, 0.15) is 16.5 Å². The van der Waals surface area contributed by atoms with Crippen molar-refractivity contribution in [2.24, 2.45) is 4.99 Å². The number of para-hydroxylation sites is 1. The van der Waals surface area contributed by atoms with Crippen molar-refractivity contribution in [1.82, 2.24) is 4.57 Å². The van der Waals surface area contributed by atoms with E-state index in [9.17, 15) is 22.8 Å². The molecule has 36 heavy (non-hydrogen) atoms. The van der Waals surface area contributed by atoms with Gasteiger partial charge in [-0.05, 0) is 37.0 Å². The number of carbonyl (C=O) groups excluding carboxylic acids is 3. The largest absolute Gasteiger partial charge is 0.465 e. The molecule has 0 saturated carbocycles. The number of aryl methyl sites for hydroxylation is 1. The average molecular weight is 552 g/mol. The summed E-state index contributed by atoms with van der Waals surface area (Å²) in [7, 11) is -1.30. The maximum atomic E-state index is 12.6. The van der Waals surface area contributed by atoms with E-state index in [0.29, 0.717) is 24.4 Å². The standard InChI is InChI=1S/C23H25N3O7S3/c1-32-11-10-26-15-7-3-4-8-17(15)35-23(26)25-19(28)13-36(30,31)12-18(27)24-21-20(22(29)33-2)14-6-5-9-16(14)34-21/h3-4,7-8H,5-6,9-13H2,1-2H3,(H,24,27). The average Bonchev–Trinajstić information content (AvgIpc) is 3.49. The molecule has 0 radical (unpaired) electrons. The van der Waals surface area contributed by atoms with E-state index in [1.165, 1.54) is 29.8 Å². The number of esters is 1. The number of fused-ring (bicyclic) bond motifs is 2. The van der Waals surface area contributed by atoms with Crippen LogP contribution in [0.5, 0.6) is 0 Å². The zero-order valence-corrected chi connectivity index (χ0v) is 22.2. The maximum absolute atomic E-state index is 12.6. The van der Waals surface area contributed by atoms with Gasteiger partial charge in [-0.15, -0.1) is 11.3 Å². The van der Waals surface area contributed by atoms with Gasteiger partial charge in [-0.1, -0.05) is 23.5 Å². The molecule has 1 aliphatic rings. The number of thiazole rings is 1. The summed E-state index contributed by atoms with van der Waals surface area (Å²) in [4.78, 5) is 42.7. The number of nitrogens with zero attached hydrogens (tertiary/aromatic N) is 2. The summed E-state index contributed by atoms with van der Waals surface area (Å²) in [6.07, 6.45) is 2.39. The van der Waals surface area contributed by atoms with E-state index in [4.69, 9.17) is 9.47 Å². The molecule has 0 aliphatic heterocycles. The molecule has 2 amide bonds. The number of amides is 2. The normalized spacial score (nSPS) is 13.7. The van der Waals surface area contributed by atoms with Crippen LogP contribution < -0.4 is 10.1 Å². The van der Waals surface area contributed by atoms with Crippen LogP contribution in [0.1, 0.15) is 27.2 Å². The fraction of sp³-hybridized carbons (Fsp3) is 0.391. The minimum atomic E-state index is -4.11. The van der Waals surface area contributed by atoms with Crippen LogP contribution in [-0.2, 0) is 48.3 Å². The number of sulfone groups is 1. The summed E-state index contributed by atoms with van der Waals surface area (Å²) < 4.78 is 37.9. The molecule has 13 heteroatoms. The van der Waals surface area contributed by atoms with Crippen molar-refractivity contribution in [3.63, 3.8) is 0 Å². The first kappa shape index (κ1) is 26.2. The van der Waals surface area contributed by atoms with Crippen LogP contribution >= 0.6 is 22.7 Å². The highest BCUT2D eigenvalue weighted by atomic mass is 32.2. The Bertz CT molecular complexity index is 1500. The van der Waals surface area contributed by atoms with E-state index in [1.54, 1.807) is 11.7 Å². The van der Waals surface area contributed by atoms with Crippen molar-refractivity contribution in [1.29, 1.82) is 0 Å². The van der Waals surface area contributed by atoms with Crippen LogP contribution in [0.15, 0.2) is 29.3 Å². The molecule has 2 heterocycles. The number of ether oxygens (including phenoxy) is 2. The van der Waals surface area contributed by atoms with Crippen molar-refractivity contribution < 1.29 is 32.3 Å². The number of methoxy groups -OCH3 is 2. The van der Waals surface area contributed by atoms with E-state index < -0.39 is 39.1 Å². The highest BCUT2D eigenvalue weighted by Gasteiger charge is 2.29. The lowest BCUT2D eigenvalue weighted by Gasteiger charge is -2.07. The molecule has 2 aromatic heterocycles. The lowest BCUT2D eigenvalue weighted by Crippen LogP contribution is -2.28. The number of nitrogens with one attached hydrogen (secondary N) is 1. The first-order chi connectivity index (χ1) is 17.2. The van der Waals surface area contributed by atoms with Gasteiger partial charge < -0.3 is 19.4 Å². The van der Waals surface area contributed by atoms with Crippen molar-refractivity contribution >= 4 is 65.5 Å². The molecule has 0 fully saturated rings. The first-order valence-electron chi connectivity index (χ1n) is 11.1. The number of thiophene rings is 1. The molecule has 10 nitrogen and oxygen atoms in total. The Kier molecular flexibility index (Phi) is 8.03. The fourth-order valence-electron chi connectivity index (χ4n) is 4.06. The van der Waals surface area contributed by atoms with E-state index in [2.05, 4.69) is 10.3 Å². The van der Waals surface area contributed by atoms with Crippen LogP contribution in [0.25, 0.3) is 10.2 Å². The third-order valence-corrected chi connectivity index (χ3v) is 9.24. The van der Waals surface area contributed by atoms with Crippen LogP contribution in [0.4, 0.5) is 5.00 Å². The molecule has 1 aliphatic carbocycles. The van der Waals surface area contributed by atoms with Crippen molar-refractivity contribution in [3.05, 3.63) is 45.1 Å². The Balaban J connectivity index is 1.49. The molecular weight excluding hydrogens is 526 g/mol. The minimum Gasteiger partial charge on any atom is -0.465 e. The lowest BCUT2D eigenvalue weighted by molar-refractivity contribution is -0.115. The number of benzene rings is 1. The van der Waals surface area contributed by atoms with E-state index in [1.807, 2.05) is 24.3 Å². The zero-order valence-electron chi connectivity index (χ0n) is 19.7. The molecule has 0 atom stereocenters. The quantitative estimate of drug-likeness (QED) is 0.403. The highest BCUT2D eigenvalue weighted by Crippen LogP contribution is 2.39. The number of aromatic nitrogens is 1. The molecule has 0 spiro atoms. The Labute approximate surface area is 215 Å². The van der Waals surface area contributed by atoms with Gasteiger partial charge in [0.05, 0.1) is 29.5 Å². The van der Waals surface area contributed by atoms with E-state index >= 15 is 0 Å². The van der Waals surface area contributed by atoms with Crippen molar-refractivity contribution in [2.75, 3.05) is 37.6 Å². The van der Waals surface area contributed by atoms with Crippen LogP contribution in [0.2, 0.25) is 0 Å². The topological polar surface area (TPSA) is 133 Å². The fourth-order valence-corrected chi connectivity index (χ4v) is 7.44. The second kappa shape index (κ2) is 11.0. The number of hydrogen-bond donors (Lipinski definition) is 1. The third kappa shape index (κ3) is 5.75. The summed E-state index contributed by atoms with van der Waals surface area (Å²) in [5, 5.41) is 2.80. The summed E-state index contributed by atoms with van der Waals surface area (Å²) in [5.74, 6) is -4.10. The third-order valence-electron chi connectivity index (χ3n) is 5.59. The molecule has 0 unspecified atom stereocenters. The molecule has 1 N–H and O–H groups in total. The molecule has 0 saturated heterocycles. The number of hydrogen-bond acceptors (Lipinski definition) is 9.